The molecule has 0 radical (unpaired) electrons. The van der Waals surface area contributed by atoms with E-state index in [9.17, 15) is 24.0 Å². The van der Waals surface area contributed by atoms with Crippen LogP contribution in [0, 0.1) is 5.92 Å². The van der Waals surface area contributed by atoms with Crippen LogP contribution in [0.4, 0.5) is 0 Å². The number of aromatic nitrogens is 1. The van der Waals surface area contributed by atoms with Crippen LogP contribution < -0.4 is 21.3 Å². The summed E-state index contributed by atoms with van der Waals surface area (Å²) in [6.07, 6.45) is 4.62. The molecule has 0 saturated heterocycles. The summed E-state index contributed by atoms with van der Waals surface area (Å²) in [6.45, 7) is 6.44. The summed E-state index contributed by atoms with van der Waals surface area (Å²) in [6, 6.07) is 14.9. The molecule has 5 rings (SSSR count). The van der Waals surface area contributed by atoms with Crippen molar-refractivity contribution in [2.45, 2.75) is 71.1 Å². The highest BCUT2D eigenvalue weighted by molar-refractivity contribution is 6.30. The fourth-order valence-corrected chi connectivity index (χ4v) is 5.57. The number of rotatable bonds is 5. The molecule has 3 atom stereocenters. The largest absolute Gasteiger partial charge is 0.354 e. The van der Waals surface area contributed by atoms with E-state index in [1.54, 1.807) is 42.2 Å². The fraction of sp³-hybridized carbons (Fsp3) is 0.389. The number of hydrogen-bond acceptors (Lipinski definition) is 6. The number of carbonyl (C=O) groups is 5. The molecule has 0 unspecified atom stereocenters. The Morgan fingerprint density at radius 3 is 2.29 bits per heavy atom. The number of hydrogen-bond donors (Lipinski definition) is 4. The van der Waals surface area contributed by atoms with Crippen LogP contribution in [0.15, 0.2) is 73.1 Å². The van der Waals surface area contributed by atoms with E-state index in [1.807, 2.05) is 44.2 Å². The van der Waals surface area contributed by atoms with Crippen LogP contribution >= 0.6 is 11.6 Å². The molecule has 4 N–H and O–H groups in total. The first kappa shape index (κ1) is 36.1. The van der Waals surface area contributed by atoms with Gasteiger partial charge in [0, 0.05) is 44.0 Å². The second kappa shape index (κ2) is 17.4. The summed E-state index contributed by atoms with van der Waals surface area (Å²) in [5.41, 5.74) is 2.30. The lowest BCUT2D eigenvalue weighted by atomic mass is 10.0. The summed E-state index contributed by atoms with van der Waals surface area (Å²) in [7, 11) is 0. The Hall–Kier alpha value is -4.77. The number of nitrogens with zero attached hydrogens (tertiary/aromatic N) is 2. The van der Waals surface area contributed by atoms with Crippen molar-refractivity contribution in [3.8, 4) is 0 Å². The zero-order valence-electron chi connectivity index (χ0n) is 27.5. The van der Waals surface area contributed by atoms with Gasteiger partial charge in [0.25, 0.3) is 11.8 Å². The molecule has 5 amide bonds. The minimum atomic E-state index is -0.990. The topological polar surface area (TPSA) is 150 Å². The molecule has 0 spiro atoms. The Kier molecular flexibility index (Phi) is 13.1. The van der Waals surface area contributed by atoms with Crippen LogP contribution in [0.25, 0.3) is 0 Å². The van der Waals surface area contributed by atoms with E-state index in [4.69, 9.17) is 11.6 Å². The van der Waals surface area contributed by atoms with Gasteiger partial charge in [-0.05, 0) is 61.4 Å². The predicted octanol–water partition coefficient (Wildman–Crippen LogP) is 3.66. The van der Waals surface area contributed by atoms with Gasteiger partial charge in [-0.15, -0.1) is 0 Å². The van der Waals surface area contributed by atoms with Crippen LogP contribution in [-0.4, -0.2) is 70.6 Å². The lowest BCUT2D eigenvalue weighted by molar-refractivity contribution is -0.132. The Labute approximate surface area is 286 Å². The third kappa shape index (κ3) is 10.6. The van der Waals surface area contributed by atoms with Crippen LogP contribution in [0.3, 0.4) is 0 Å². The van der Waals surface area contributed by atoms with E-state index in [2.05, 4.69) is 26.3 Å². The fourth-order valence-electron chi connectivity index (χ4n) is 5.39. The van der Waals surface area contributed by atoms with E-state index >= 15 is 0 Å². The summed E-state index contributed by atoms with van der Waals surface area (Å²) in [5, 5.41) is 11.6. The van der Waals surface area contributed by atoms with Crippen molar-refractivity contribution in [2.24, 2.45) is 5.92 Å². The van der Waals surface area contributed by atoms with Gasteiger partial charge in [-0.2, -0.15) is 0 Å². The second-order valence-electron chi connectivity index (χ2n) is 12.5. The van der Waals surface area contributed by atoms with Gasteiger partial charge in [0.05, 0.1) is 10.6 Å². The highest BCUT2D eigenvalue weighted by Crippen LogP contribution is 2.16. The molecule has 254 valence electrons. The van der Waals surface area contributed by atoms with Crippen molar-refractivity contribution in [3.05, 3.63) is 100 Å². The normalized spacial score (nSPS) is 20.3. The highest BCUT2D eigenvalue weighted by Gasteiger charge is 2.29. The first-order chi connectivity index (χ1) is 23.0. The van der Waals surface area contributed by atoms with Gasteiger partial charge in [-0.25, -0.2) is 0 Å². The van der Waals surface area contributed by atoms with Crippen molar-refractivity contribution < 1.29 is 24.0 Å². The number of benzene rings is 2. The number of halogens is 1. The van der Waals surface area contributed by atoms with Gasteiger partial charge < -0.3 is 26.2 Å². The minimum Gasteiger partial charge on any atom is -0.354 e. The first-order valence-electron chi connectivity index (χ1n) is 16.2. The summed E-state index contributed by atoms with van der Waals surface area (Å²) >= 11 is 6.11. The molecule has 3 aromatic rings. The minimum absolute atomic E-state index is 0.0573. The maximum absolute atomic E-state index is 13.7. The average molecular weight is 675 g/mol. The third-order valence-corrected chi connectivity index (χ3v) is 8.19. The molecule has 1 aromatic heterocycles. The zero-order chi connectivity index (χ0) is 34.6. The lowest BCUT2D eigenvalue weighted by Gasteiger charge is -2.25. The van der Waals surface area contributed by atoms with Crippen molar-refractivity contribution in [3.63, 3.8) is 0 Å². The van der Waals surface area contributed by atoms with Crippen LogP contribution in [0.5, 0.6) is 0 Å². The van der Waals surface area contributed by atoms with Crippen molar-refractivity contribution in [1.82, 2.24) is 31.2 Å². The van der Waals surface area contributed by atoms with Gasteiger partial charge in [-0.1, -0.05) is 67.9 Å². The van der Waals surface area contributed by atoms with Gasteiger partial charge in [-0.3, -0.25) is 29.0 Å². The van der Waals surface area contributed by atoms with Gasteiger partial charge in [0.1, 0.15) is 18.1 Å². The van der Waals surface area contributed by atoms with E-state index in [0.717, 1.165) is 11.1 Å². The maximum atomic E-state index is 13.7. The molecule has 2 aromatic carbocycles. The van der Waals surface area contributed by atoms with E-state index in [0.29, 0.717) is 48.5 Å². The molecule has 2 aliphatic heterocycles. The molecule has 11 nitrogen and oxygen atoms in total. The molecule has 48 heavy (non-hydrogen) atoms. The van der Waals surface area contributed by atoms with Gasteiger partial charge in [0.2, 0.25) is 17.7 Å². The number of carbonyl (C=O) groups excluding carboxylic acids is 5. The molecule has 0 aliphatic carbocycles. The number of amides is 5. The maximum Gasteiger partial charge on any atom is 0.255 e. The summed E-state index contributed by atoms with van der Waals surface area (Å²) < 4.78 is 0. The summed E-state index contributed by atoms with van der Waals surface area (Å²) in [4.78, 5) is 72.6. The number of nitrogens with one attached hydrogen (secondary N) is 4. The van der Waals surface area contributed by atoms with Crippen molar-refractivity contribution in [1.29, 1.82) is 0 Å². The lowest BCUT2D eigenvalue weighted by Crippen LogP contribution is -2.57. The standard InChI is InChI=1S/C36H43ClN6O5/c1-23(2)17-30-34(46)40-24(3)32(44)39-15-7-8-16-43(36(48)28-19-29(37)21-38-20-28)22-26-11-13-27(14-12-26)33(45)41-31(35(47)42-30)18-25-9-5-4-6-10-25/h4-6,9-14,19-21,23-24,30-31H,7-8,15-18,22H2,1-3H3,(H,39,44)(H,40,46)(H,41,45)(H,42,47)/t24-,30+,31-/m1/s1. The predicted molar refractivity (Wildman–Crippen MR) is 183 cm³/mol. The smallest absolute Gasteiger partial charge is 0.255 e. The number of pyridine rings is 1. The summed E-state index contributed by atoms with van der Waals surface area (Å²) in [5.74, 6) is -2.03. The molecule has 0 fully saturated rings. The Bertz CT molecular complexity index is 1580. The van der Waals surface area contributed by atoms with Crippen molar-refractivity contribution in [2.75, 3.05) is 13.1 Å². The average Bonchev–Trinajstić information content (AvgIpc) is 3.06. The van der Waals surface area contributed by atoms with Gasteiger partial charge >= 0.3 is 0 Å². The van der Waals surface area contributed by atoms with E-state index in [-0.39, 0.29) is 30.7 Å². The van der Waals surface area contributed by atoms with Gasteiger partial charge in [0.15, 0.2) is 0 Å². The quantitative estimate of drug-likeness (QED) is 0.304. The molecule has 12 heteroatoms. The molecular formula is C36H43ClN6O5. The first-order valence-corrected chi connectivity index (χ1v) is 16.6. The zero-order valence-corrected chi connectivity index (χ0v) is 28.3. The van der Waals surface area contributed by atoms with Crippen LogP contribution in [0.1, 0.15) is 71.9 Å². The SMILES string of the molecule is CC(C)C[C@@H]1NC(=O)[C@@H](Cc2ccccc2)NC(=O)c2ccc(cc2)CN(C(=O)c2cncc(Cl)c2)CCCCNC(=O)[C@@H](C)NC1=O. The molecule has 3 heterocycles. The molecular weight excluding hydrogens is 632 g/mol. The second-order valence-corrected chi connectivity index (χ2v) is 12.9. The van der Waals surface area contributed by atoms with Crippen molar-refractivity contribution >= 4 is 41.1 Å². The third-order valence-electron chi connectivity index (χ3n) is 7.98. The highest BCUT2D eigenvalue weighted by atomic mass is 35.5. The molecule has 0 saturated carbocycles. The molecule has 2 aliphatic rings. The van der Waals surface area contributed by atoms with E-state index < -0.39 is 35.8 Å². The van der Waals surface area contributed by atoms with E-state index in [1.165, 1.54) is 12.4 Å². The number of fused-ring (bicyclic) bond motifs is 18. The monoisotopic (exact) mass is 674 g/mol. The Morgan fingerprint density at radius 1 is 0.896 bits per heavy atom. The van der Waals surface area contributed by atoms with Crippen LogP contribution in [0.2, 0.25) is 5.02 Å². The Morgan fingerprint density at radius 2 is 1.60 bits per heavy atom. The Balaban J connectivity index is 1.62. The van der Waals surface area contributed by atoms with Crippen LogP contribution in [-0.2, 0) is 27.3 Å². The molecule has 2 bridgehead atoms.